The number of carboxylic acids is 1. The molecule has 20 heavy (non-hydrogen) atoms. The molecule has 0 saturated heterocycles. The van der Waals surface area contributed by atoms with Gasteiger partial charge >= 0.3 is 5.97 Å². The number of hydrogen-bond donors (Lipinski definition) is 2. The van der Waals surface area contributed by atoms with Crippen LogP contribution in [0.25, 0.3) is 0 Å². The fourth-order valence-electron chi connectivity index (χ4n) is 1.47. The van der Waals surface area contributed by atoms with Crippen LogP contribution >= 0.6 is 0 Å². The van der Waals surface area contributed by atoms with Crippen LogP contribution in [0, 0.1) is 0 Å². The molecule has 8 heteroatoms. The van der Waals surface area contributed by atoms with Gasteiger partial charge in [-0.3, -0.25) is 14.6 Å². The maximum atomic E-state index is 11.7. The highest BCUT2D eigenvalue weighted by Gasteiger charge is 2.17. The molecule has 2 heterocycles. The number of aromatic nitrogens is 4. The zero-order chi connectivity index (χ0) is 14.5. The minimum atomic E-state index is -1.11. The Hall–Kier alpha value is -2.77. The van der Waals surface area contributed by atoms with Gasteiger partial charge in [-0.05, 0) is 19.1 Å². The molecule has 104 valence electrons. The van der Waals surface area contributed by atoms with Crippen molar-refractivity contribution in [2.75, 3.05) is 0 Å². The number of nitrogens with one attached hydrogen (secondary N) is 1. The lowest BCUT2D eigenvalue weighted by atomic mass is 10.3. The summed E-state index contributed by atoms with van der Waals surface area (Å²) >= 11 is 0. The third-order valence-corrected chi connectivity index (χ3v) is 2.54. The number of carbonyl (C=O) groups excluding carboxylic acids is 1. The molecule has 0 spiro atoms. The highest BCUT2D eigenvalue weighted by atomic mass is 16.4. The van der Waals surface area contributed by atoms with Gasteiger partial charge in [-0.25, -0.2) is 4.68 Å². The molecule has 0 aliphatic rings. The van der Waals surface area contributed by atoms with Crippen LogP contribution in [-0.2, 0) is 11.3 Å². The first kappa shape index (κ1) is 13.7. The zero-order valence-electron chi connectivity index (χ0n) is 10.7. The van der Waals surface area contributed by atoms with E-state index in [1.165, 1.54) is 17.8 Å². The number of aliphatic carboxylic acids is 1. The maximum Gasteiger partial charge on any atom is 0.325 e. The molecule has 0 bridgehead atoms. The van der Waals surface area contributed by atoms with E-state index in [0.717, 1.165) is 5.69 Å². The predicted octanol–water partition coefficient (Wildman–Crippen LogP) is -0.0757. The Kier molecular flexibility index (Phi) is 4.04. The molecule has 1 unspecified atom stereocenters. The van der Waals surface area contributed by atoms with Gasteiger partial charge in [-0.15, -0.1) is 5.10 Å². The topological polar surface area (TPSA) is 110 Å². The first-order valence-corrected chi connectivity index (χ1v) is 5.90. The molecule has 0 radical (unpaired) electrons. The molecule has 0 saturated carbocycles. The fraction of sp³-hybridized carbons (Fsp3) is 0.250. The quantitative estimate of drug-likeness (QED) is 0.790. The molecule has 1 amide bonds. The average Bonchev–Trinajstić information content (AvgIpc) is 2.88. The molecule has 1 atom stereocenters. The van der Waals surface area contributed by atoms with E-state index in [9.17, 15) is 9.59 Å². The Morgan fingerprint density at radius 2 is 2.25 bits per heavy atom. The molecule has 2 rings (SSSR count). The molecular formula is C12H13N5O3. The molecule has 2 aromatic heterocycles. The Labute approximate surface area is 114 Å². The van der Waals surface area contributed by atoms with Crippen molar-refractivity contribution < 1.29 is 14.7 Å². The molecule has 2 N–H and O–H groups in total. The first-order valence-electron chi connectivity index (χ1n) is 5.90. The van der Waals surface area contributed by atoms with Crippen LogP contribution in [0.1, 0.15) is 23.1 Å². The molecule has 0 fully saturated rings. The number of nitrogens with zero attached hydrogens (tertiary/aromatic N) is 4. The smallest absolute Gasteiger partial charge is 0.325 e. The molecule has 8 nitrogen and oxygen atoms in total. The molecule has 0 aromatic carbocycles. The standard InChI is InChI=1S/C12H13N5O3/c1-8(12(19)20)14-11(18)10-7-17(16-15-10)6-9-4-2-3-5-13-9/h2-5,7-8H,6H2,1H3,(H,14,18)(H,19,20). The van der Waals surface area contributed by atoms with Crippen molar-refractivity contribution in [1.29, 1.82) is 0 Å². The summed E-state index contributed by atoms with van der Waals surface area (Å²) in [6.07, 6.45) is 3.10. The normalized spacial score (nSPS) is 11.8. The third-order valence-electron chi connectivity index (χ3n) is 2.54. The van der Waals surface area contributed by atoms with Gasteiger partial charge in [0, 0.05) is 6.20 Å². The van der Waals surface area contributed by atoms with E-state index in [1.54, 1.807) is 12.3 Å². The van der Waals surface area contributed by atoms with E-state index >= 15 is 0 Å². The maximum absolute atomic E-state index is 11.7. The Balaban J connectivity index is 2.02. The van der Waals surface area contributed by atoms with E-state index in [0.29, 0.717) is 6.54 Å². The Bertz CT molecular complexity index is 611. The van der Waals surface area contributed by atoms with E-state index in [2.05, 4.69) is 20.6 Å². The summed E-state index contributed by atoms with van der Waals surface area (Å²) in [5, 5.41) is 18.5. The van der Waals surface area contributed by atoms with Crippen LogP contribution in [0.4, 0.5) is 0 Å². The van der Waals surface area contributed by atoms with E-state index in [1.807, 2.05) is 12.1 Å². The fourth-order valence-corrected chi connectivity index (χ4v) is 1.47. The monoisotopic (exact) mass is 275 g/mol. The van der Waals surface area contributed by atoms with E-state index < -0.39 is 17.9 Å². The van der Waals surface area contributed by atoms with Gasteiger partial charge in [0.1, 0.15) is 6.04 Å². The Morgan fingerprint density at radius 3 is 2.90 bits per heavy atom. The lowest BCUT2D eigenvalue weighted by Crippen LogP contribution is -2.38. The number of rotatable bonds is 5. The SMILES string of the molecule is CC(NC(=O)c1cn(Cc2ccccn2)nn1)C(=O)O. The van der Waals surface area contributed by atoms with Crippen LogP contribution in [-0.4, -0.2) is 43.0 Å². The number of amides is 1. The van der Waals surface area contributed by atoms with Gasteiger partial charge in [-0.1, -0.05) is 11.3 Å². The summed E-state index contributed by atoms with van der Waals surface area (Å²) in [5.74, 6) is -1.69. The summed E-state index contributed by atoms with van der Waals surface area (Å²) in [7, 11) is 0. The average molecular weight is 275 g/mol. The summed E-state index contributed by atoms with van der Waals surface area (Å²) in [4.78, 5) is 26.5. The second-order valence-corrected chi connectivity index (χ2v) is 4.16. The van der Waals surface area contributed by atoms with Crippen molar-refractivity contribution in [3.63, 3.8) is 0 Å². The zero-order valence-corrected chi connectivity index (χ0v) is 10.7. The highest BCUT2D eigenvalue weighted by Crippen LogP contribution is 1.99. The van der Waals surface area contributed by atoms with Gasteiger partial charge in [0.15, 0.2) is 5.69 Å². The van der Waals surface area contributed by atoms with Crippen molar-refractivity contribution >= 4 is 11.9 Å². The van der Waals surface area contributed by atoms with Crippen molar-refractivity contribution in [2.45, 2.75) is 19.5 Å². The minimum absolute atomic E-state index is 0.0639. The lowest BCUT2D eigenvalue weighted by molar-refractivity contribution is -0.138. The van der Waals surface area contributed by atoms with Crippen molar-refractivity contribution in [3.8, 4) is 0 Å². The summed E-state index contributed by atoms with van der Waals surface area (Å²) in [6, 6.07) is 4.50. The Morgan fingerprint density at radius 1 is 1.45 bits per heavy atom. The number of pyridine rings is 1. The van der Waals surface area contributed by atoms with E-state index in [-0.39, 0.29) is 5.69 Å². The molecular weight excluding hydrogens is 262 g/mol. The lowest BCUT2D eigenvalue weighted by Gasteiger charge is -2.06. The second kappa shape index (κ2) is 5.91. The molecule has 0 aliphatic carbocycles. The first-order chi connectivity index (χ1) is 9.56. The van der Waals surface area contributed by atoms with Crippen molar-refractivity contribution in [1.82, 2.24) is 25.3 Å². The third kappa shape index (κ3) is 3.37. The highest BCUT2D eigenvalue weighted by molar-refractivity contribution is 5.94. The van der Waals surface area contributed by atoms with Crippen LogP contribution in [0.15, 0.2) is 30.6 Å². The predicted molar refractivity (Wildman–Crippen MR) is 67.9 cm³/mol. The molecule has 2 aromatic rings. The van der Waals surface area contributed by atoms with E-state index in [4.69, 9.17) is 5.11 Å². The largest absolute Gasteiger partial charge is 0.480 e. The van der Waals surface area contributed by atoms with Crippen LogP contribution in [0.2, 0.25) is 0 Å². The molecule has 0 aliphatic heterocycles. The summed E-state index contributed by atoms with van der Waals surface area (Å²) < 4.78 is 1.46. The van der Waals surface area contributed by atoms with Gasteiger partial charge in [0.25, 0.3) is 5.91 Å². The number of carboxylic acid groups (broad SMARTS) is 1. The van der Waals surface area contributed by atoms with Gasteiger partial charge in [0.05, 0.1) is 18.4 Å². The minimum Gasteiger partial charge on any atom is -0.480 e. The van der Waals surface area contributed by atoms with Gasteiger partial charge in [-0.2, -0.15) is 0 Å². The van der Waals surface area contributed by atoms with Crippen LogP contribution in [0.5, 0.6) is 0 Å². The number of carbonyl (C=O) groups is 2. The van der Waals surface area contributed by atoms with Gasteiger partial charge < -0.3 is 10.4 Å². The summed E-state index contributed by atoms with van der Waals surface area (Å²) in [5.41, 5.74) is 0.845. The van der Waals surface area contributed by atoms with Crippen LogP contribution < -0.4 is 5.32 Å². The van der Waals surface area contributed by atoms with Crippen LogP contribution in [0.3, 0.4) is 0 Å². The van der Waals surface area contributed by atoms with Crippen molar-refractivity contribution in [3.05, 3.63) is 42.0 Å². The number of hydrogen-bond acceptors (Lipinski definition) is 5. The summed E-state index contributed by atoms with van der Waals surface area (Å²) in [6.45, 7) is 1.76. The van der Waals surface area contributed by atoms with Gasteiger partial charge in [0.2, 0.25) is 0 Å². The second-order valence-electron chi connectivity index (χ2n) is 4.16. The van der Waals surface area contributed by atoms with Crippen molar-refractivity contribution in [2.24, 2.45) is 0 Å².